The Kier molecular flexibility index (Phi) is 5.62. The highest BCUT2D eigenvalue weighted by Crippen LogP contribution is 2.40. The quantitative estimate of drug-likeness (QED) is 0.591. The molecular weight excluding hydrogens is 454 g/mol. The lowest BCUT2D eigenvalue weighted by Gasteiger charge is -2.39. The second kappa shape index (κ2) is 8.94. The Morgan fingerprint density at radius 2 is 1.80 bits per heavy atom. The number of nitrogens with zero attached hydrogens (tertiary/aromatic N) is 7. The van der Waals surface area contributed by atoms with Crippen molar-refractivity contribution in [1.29, 1.82) is 0 Å². The van der Waals surface area contributed by atoms with E-state index in [1.54, 1.807) is 19.4 Å². The molecule has 35 heavy (non-hydrogen) atoms. The van der Waals surface area contributed by atoms with Gasteiger partial charge in [0.1, 0.15) is 0 Å². The summed E-state index contributed by atoms with van der Waals surface area (Å²) in [5.41, 5.74) is 1.61. The van der Waals surface area contributed by atoms with E-state index in [-0.39, 0.29) is 6.04 Å². The summed E-state index contributed by atoms with van der Waals surface area (Å²) < 4.78 is 34.6. The number of halogens is 2. The van der Waals surface area contributed by atoms with Crippen molar-refractivity contribution in [3.63, 3.8) is 0 Å². The van der Waals surface area contributed by atoms with Crippen LogP contribution in [0.3, 0.4) is 0 Å². The summed E-state index contributed by atoms with van der Waals surface area (Å²) in [6.45, 7) is 3.25. The van der Waals surface area contributed by atoms with Gasteiger partial charge in [-0.2, -0.15) is 10.1 Å². The number of benzene rings is 1. The molecule has 2 bridgehead atoms. The Balaban J connectivity index is 1.21. The van der Waals surface area contributed by atoms with Crippen molar-refractivity contribution in [3.8, 4) is 5.88 Å². The number of nitrogens with one attached hydrogen (secondary N) is 1. The van der Waals surface area contributed by atoms with E-state index in [1.807, 2.05) is 15.6 Å². The van der Waals surface area contributed by atoms with Gasteiger partial charge in [-0.3, -0.25) is 0 Å². The standard InChI is InChI=1S/C24H28F2N8O/c1-35-21-11-18(12-27-30-21)32-13-15-4-5-16(14-32)22(15)28-23-29-24-33(8-2-3-9-34(24)31-23)17-6-7-19(25)20(26)10-17/h6-7,10-12,15-16,22H,2-5,8-9,13-14H2,1H3,(H,28,31)/t15-,16?,22-/m0/s1. The van der Waals surface area contributed by atoms with Gasteiger partial charge >= 0.3 is 0 Å². The van der Waals surface area contributed by atoms with Gasteiger partial charge in [0, 0.05) is 50.0 Å². The Morgan fingerprint density at radius 1 is 1.00 bits per heavy atom. The number of methoxy groups -OCH3 is 1. The van der Waals surface area contributed by atoms with Crippen LogP contribution >= 0.6 is 0 Å². The van der Waals surface area contributed by atoms with E-state index < -0.39 is 11.6 Å². The van der Waals surface area contributed by atoms with Gasteiger partial charge in [-0.15, -0.1) is 10.2 Å². The molecule has 6 rings (SSSR count). The highest BCUT2D eigenvalue weighted by molar-refractivity contribution is 5.59. The first kappa shape index (κ1) is 22.0. The number of aryl methyl sites for hydroxylation is 1. The fourth-order valence-electron chi connectivity index (χ4n) is 5.70. The Bertz CT molecular complexity index is 1210. The van der Waals surface area contributed by atoms with Crippen molar-refractivity contribution in [2.45, 2.75) is 38.3 Å². The van der Waals surface area contributed by atoms with Crippen molar-refractivity contribution in [3.05, 3.63) is 42.1 Å². The van der Waals surface area contributed by atoms with Crippen LogP contribution in [0.1, 0.15) is 25.7 Å². The lowest BCUT2D eigenvalue weighted by Crippen LogP contribution is -2.48. The molecule has 3 aromatic rings. The maximum atomic E-state index is 13.9. The highest BCUT2D eigenvalue weighted by Gasteiger charge is 2.43. The van der Waals surface area contributed by atoms with Gasteiger partial charge < -0.3 is 19.9 Å². The van der Waals surface area contributed by atoms with Crippen molar-refractivity contribution in [1.82, 2.24) is 25.0 Å². The molecule has 4 heterocycles. The van der Waals surface area contributed by atoms with Crippen LogP contribution in [-0.4, -0.2) is 57.7 Å². The Morgan fingerprint density at radius 3 is 2.57 bits per heavy atom. The average Bonchev–Trinajstić information content (AvgIpc) is 3.27. The molecule has 2 aliphatic heterocycles. The predicted molar refractivity (Wildman–Crippen MR) is 127 cm³/mol. The molecule has 1 saturated carbocycles. The van der Waals surface area contributed by atoms with Crippen molar-refractivity contribution in [2.75, 3.05) is 41.9 Å². The average molecular weight is 483 g/mol. The van der Waals surface area contributed by atoms with Crippen molar-refractivity contribution < 1.29 is 13.5 Å². The molecule has 1 aromatic carbocycles. The first-order chi connectivity index (χ1) is 17.1. The zero-order valence-corrected chi connectivity index (χ0v) is 19.6. The van der Waals surface area contributed by atoms with E-state index >= 15 is 0 Å². The van der Waals surface area contributed by atoms with Gasteiger partial charge in [0.15, 0.2) is 11.6 Å². The van der Waals surface area contributed by atoms with Crippen LogP contribution in [-0.2, 0) is 6.54 Å². The van der Waals surface area contributed by atoms with Gasteiger partial charge in [0.2, 0.25) is 17.8 Å². The zero-order valence-electron chi connectivity index (χ0n) is 19.6. The molecule has 3 atom stereocenters. The number of rotatable bonds is 5. The topological polar surface area (TPSA) is 84.2 Å². The van der Waals surface area contributed by atoms with Gasteiger partial charge in [0.05, 0.1) is 19.0 Å². The van der Waals surface area contributed by atoms with Gasteiger partial charge in [-0.1, -0.05) is 0 Å². The van der Waals surface area contributed by atoms with Crippen LogP contribution in [0.4, 0.5) is 32.1 Å². The van der Waals surface area contributed by atoms with Crippen molar-refractivity contribution in [2.24, 2.45) is 11.8 Å². The molecule has 0 spiro atoms. The van der Waals surface area contributed by atoms with Gasteiger partial charge in [0.25, 0.3) is 0 Å². The van der Waals surface area contributed by atoms with E-state index in [0.717, 1.165) is 57.1 Å². The van der Waals surface area contributed by atoms with Crippen LogP contribution < -0.4 is 19.9 Å². The largest absolute Gasteiger partial charge is 0.480 e. The van der Waals surface area contributed by atoms with E-state index in [2.05, 4.69) is 20.4 Å². The van der Waals surface area contributed by atoms with Crippen LogP contribution in [0, 0.1) is 23.5 Å². The molecule has 1 unspecified atom stereocenters. The molecule has 1 aliphatic carbocycles. The Hall–Kier alpha value is -3.50. The second-order valence-electron chi connectivity index (χ2n) is 9.54. The SMILES string of the molecule is COc1cc(N2CC3CC[C@@H](C2)[C@@H]3Nc2nc3n(n2)CCCCN3c2ccc(F)c(F)c2)cnn1. The highest BCUT2D eigenvalue weighted by atomic mass is 19.2. The number of ether oxygens (including phenoxy) is 1. The third-order valence-electron chi connectivity index (χ3n) is 7.43. The summed E-state index contributed by atoms with van der Waals surface area (Å²) in [4.78, 5) is 9.10. The van der Waals surface area contributed by atoms with Gasteiger partial charge in [-0.25, -0.2) is 13.5 Å². The minimum atomic E-state index is -0.860. The zero-order chi connectivity index (χ0) is 23.9. The van der Waals surface area contributed by atoms with Crippen LogP contribution in [0.5, 0.6) is 5.88 Å². The fourth-order valence-corrected chi connectivity index (χ4v) is 5.70. The number of fused-ring (bicyclic) bond motifs is 3. The molecule has 0 radical (unpaired) electrons. The third kappa shape index (κ3) is 4.12. The summed E-state index contributed by atoms with van der Waals surface area (Å²) in [5.74, 6) is 0.978. The lowest BCUT2D eigenvalue weighted by atomic mass is 9.92. The van der Waals surface area contributed by atoms with Crippen LogP contribution in [0.2, 0.25) is 0 Å². The molecule has 184 valence electrons. The van der Waals surface area contributed by atoms with E-state index in [0.29, 0.717) is 41.8 Å². The minimum absolute atomic E-state index is 0.284. The summed E-state index contributed by atoms with van der Waals surface area (Å²) in [6, 6.07) is 6.20. The first-order valence-electron chi connectivity index (χ1n) is 12.1. The summed E-state index contributed by atoms with van der Waals surface area (Å²) in [6.07, 6.45) is 5.94. The number of hydrogen-bond donors (Lipinski definition) is 1. The summed E-state index contributed by atoms with van der Waals surface area (Å²) >= 11 is 0. The van der Waals surface area contributed by atoms with E-state index in [1.165, 1.54) is 6.07 Å². The lowest BCUT2D eigenvalue weighted by molar-refractivity contribution is 0.372. The maximum Gasteiger partial charge on any atom is 0.244 e. The minimum Gasteiger partial charge on any atom is -0.480 e. The fraction of sp³-hybridized carbons (Fsp3) is 0.500. The molecule has 1 saturated heterocycles. The number of anilines is 4. The van der Waals surface area contributed by atoms with Crippen LogP contribution in [0.15, 0.2) is 30.5 Å². The van der Waals surface area contributed by atoms with Crippen molar-refractivity contribution >= 4 is 23.3 Å². The summed E-state index contributed by atoms with van der Waals surface area (Å²) in [7, 11) is 1.60. The molecule has 2 fully saturated rings. The molecule has 0 amide bonds. The monoisotopic (exact) mass is 482 g/mol. The number of piperidine rings is 1. The normalized spacial score (nSPS) is 23.7. The molecule has 3 aliphatic rings. The van der Waals surface area contributed by atoms with Crippen LogP contribution in [0.25, 0.3) is 0 Å². The molecular formula is C24H28F2N8O. The Labute approximate surface area is 202 Å². The molecule has 2 aromatic heterocycles. The van der Waals surface area contributed by atoms with E-state index in [9.17, 15) is 8.78 Å². The second-order valence-corrected chi connectivity index (χ2v) is 9.54. The molecule has 11 heteroatoms. The summed E-state index contributed by atoms with van der Waals surface area (Å²) in [5, 5.41) is 16.4. The first-order valence-corrected chi connectivity index (χ1v) is 12.1. The molecule has 9 nitrogen and oxygen atoms in total. The number of aromatic nitrogens is 5. The van der Waals surface area contributed by atoms with Gasteiger partial charge in [-0.05, 0) is 49.7 Å². The maximum absolute atomic E-state index is 13.9. The van der Waals surface area contributed by atoms with E-state index in [4.69, 9.17) is 14.8 Å². The predicted octanol–water partition coefficient (Wildman–Crippen LogP) is 3.61. The third-order valence-corrected chi connectivity index (χ3v) is 7.43. The number of hydrogen-bond acceptors (Lipinski definition) is 8. The smallest absolute Gasteiger partial charge is 0.244 e. The molecule has 1 N–H and O–H groups in total.